The van der Waals surface area contributed by atoms with Crippen LogP contribution in [0, 0.1) is 0 Å². The van der Waals surface area contributed by atoms with Crippen LogP contribution in [0.5, 0.6) is 0 Å². The number of carbonyl (C=O) groups is 1. The summed E-state index contributed by atoms with van der Waals surface area (Å²) in [5.41, 5.74) is -0.0576. The van der Waals surface area contributed by atoms with E-state index in [-0.39, 0.29) is 23.6 Å². The van der Waals surface area contributed by atoms with E-state index >= 15 is 0 Å². The summed E-state index contributed by atoms with van der Waals surface area (Å²) < 4.78 is 2.26. The zero-order valence-corrected chi connectivity index (χ0v) is 9.01. The van der Waals surface area contributed by atoms with Gasteiger partial charge in [0.25, 0.3) is 5.56 Å². The number of aromatic nitrogens is 5. The number of carboxylic acids is 1. The third-order valence-corrected chi connectivity index (χ3v) is 1.90. The number of aliphatic carboxylic acids is 1. The van der Waals surface area contributed by atoms with E-state index < -0.39 is 18.1 Å². The Morgan fingerprint density at radius 3 is 2.88 bits per heavy atom. The SMILES string of the molecule is Cl.Cn1nnc2ncn(CC(=O)O)c(=O)c21. The van der Waals surface area contributed by atoms with Gasteiger partial charge < -0.3 is 5.11 Å². The van der Waals surface area contributed by atoms with Crippen molar-refractivity contribution in [3.05, 3.63) is 16.7 Å². The second kappa shape index (κ2) is 4.27. The van der Waals surface area contributed by atoms with Gasteiger partial charge in [0.15, 0.2) is 5.52 Å². The smallest absolute Gasteiger partial charge is 0.323 e. The molecule has 2 aromatic heterocycles. The van der Waals surface area contributed by atoms with Crippen LogP contribution in [-0.2, 0) is 18.4 Å². The van der Waals surface area contributed by atoms with E-state index in [9.17, 15) is 9.59 Å². The number of rotatable bonds is 2. The molecule has 2 aromatic rings. The van der Waals surface area contributed by atoms with Gasteiger partial charge in [-0.15, -0.1) is 17.5 Å². The van der Waals surface area contributed by atoms with Crippen molar-refractivity contribution in [1.82, 2.24) is 24.5 Å². The van der Waals surface area contributed by atoms with Crippen molar-refractivity contribution in [2.45, 2.75) is 6.54 Å². The van der Waals surface area contributed by atoms with Gasteiger partial charge in [0, 0.05) is 7.05 Å². The van der Waals surface area contributed by atoms with Crippen LogP contribution in [-0.4, -0.2) is 35.6 Å². The van der Waals surface area contributed by atoms with Crippen LogP contribution in [0.15, 0.2) is 11.1 Å². The Morgan fingerprint density at radius 2 is 2.25 bits per heavy atom. The fraction of sp³-hybridized carbons (Fsp3) is 0.286. The lowest BCUT2D eigenvalue weighted by Gasteiger charge is -2.00. The maximum Gasteiger partial charge on any atom is 0.323 e. The number of fused-ring (bicyclic) bond motifs is 1. The fourth-order valence-electron chi connectivity index (χ4n) is 1.24. The van der Waals surface area contributed by atoms with E-state index in [4.69, 9.17) is 5.11 Å². The van der Waals surface area contributed by atoms with E-state index in [1.54, 1.807) is 7.05 Å². The van der Waals surface area contributed by atoms with Crippen molar-refractivity contribution < 1.29 is 9.90 Å². The lowest BCUT2D eigenvalue weighted by atomic mass is 10.5. The molecule has 0 saturated carbocycles. The van der Waals surface area contributed by atoms with E-state index in [0.29, 0.717) is 0 Å². The molecule has 9 heteroatoms. The predicted octanol–water partition coefficient (Wildman–Crippen LogP) is -0.969. The minimum absolute atomic E-state index is 0. The van der Waals surface area contributed by atoms with Gasteiger partial charge in [-0.1, -0.05) is 5.21 Å². The number of hydrogen-bond donors (Lipinski definition) is 1. The molecule has 0 aromatic carbocycles. The molecule has 0 atom stereocenters. The fourth-order valence-corrected chi connectivity index (χ4v) is 1.24. The van der Waals surface area contributed by atoms with Crippen LogP contribution in [0.2, 0.25) is 0 Å². The lowest BCUT2D eigenvalue weighted by molar-refractivity contribution is -0.137. The van der Waals surface area contributed by atoms with E-state index in [0.717, 1.165) is 10.9 Å². The van der Waals surface area contributed by atoms with Gasteiger partial charge in [-0.3, -0.25) is 14.2 Å². The first-order valence-corrected chi connectivity index (χ1v) is 4.06. The summed E-state index contributed by atoms with van der Waals surface area (Å²) in [6, 6.07) is 0. The molecule has 0 bridgehead atoms. The minimum atomic E-state index is -1.10. The topological polar surface area (TPSA) is 103 Å². The molecule has 0 fully saturated rings. The van der Waals surface area contributed by atoms with Gasteiger partial charge in [0.1, 0.15) is 12.9 Å². The Morgan fingerprint density at radius 1 is 1.56 bits per heavy atom. The molecule has 2 heterocycles. The highest BCUT2D eigenvalue weighted by molar-refractivity contribution is 5.85. The molecule has 0 aliphatic heterocycles. The second-order valence-electron chi connectivity index (χ2n) is 2.96. The van der Waals surface area contributed by atoms with E-state index in [1.807, 2.05) is 0 Å². The third-order valence-electron chi connectivity index (χ3n) is 1.90. The van der Waals surface area contributed by atoms with Crippen LogP contribution in [0.25, 0.3) is 11.2 Å². The first-order valence-electron chi connectivity index (χ1n) is 4.06. The number of hydrogen-bond acceptors (Lipinski definition) is 5. The Bertz CT molecular complexity index is 589. The largest absolute Gasteiger partial charge is 0.480 e. The number of halogens is 1. The molecule has 2 rings (SSSR count). The summed E-state index contributed by atoms with van der Waals surface area (Å²) >= 11 is 0. The third kappa shape index (κ3) is 1.87. The predicted molar refractivity (Wildman–Crippen MR) is 55.4 cm³/mol. The minimum Gasteiger partial charge on any atom is -0.480 e. The summed E-state index contributed by atoms with van der Waals surface area (Å²) in [5.74, 6) is -1.10. The molecule has 0 unspecified atom stereocenters. The normalized spacial score (nSPS) is 10.1. The van der Waals surface area contributed by atoms with Crippen LogP contribution in [0.4, 0.5) is 0 Å². The van der Waals surface area contributed by atoms with Crippen molar-refractivity contribution in [2.24, 2.45) is 7.05 Å². The molecule has 0 spiro atoms. The van der Waals surface area contributed by atoms with Gasteiger partial charge in [-0.25, -0.2) is 9.67 Å². The first-order chi connectivity index (χ1) is 7.09. The zero-order valence-electron chi connectivity index (χ0n) is 8.19. The zero-order chi connectivity index (χ0) is 11.0. The standard InChI is InChI=1S/C7H7N5O3.ClH/c1-11-5-6(9-10-11)8-3-12(7(5)15)2-4(13)14;/h3H,2H2,1H3,(H,13,14);1H. The second-order valence-corrected chi connectivity index (χ2v) is 2.96. The van der Waals surface area contributed by atoms with E-state index in [2.05, 4.69) is 15.3 Å². The summed E-state index contributed by atoms with van der Waals surface area (Å²) in [7, 11) is 1.55. The van der Waals surface area contributed by atoms with Crippen molar-refractivity contribution >= 4 is 29.5 Å². The lowest BCUT2D eigenvalue weighted by Crippen LogP contribution is -2.25. The van der Waals surface area contributed by atoms with Gasteiger partial charge in [-0.2, -0.15) is 0 Å². The maximum absolute atomic E-state index is 11.7. The Kier molecular flexibility index (Phi) is 3.23. The molecule has 1 N–H and O–H groups in total. The number of aryl methyl sites for hydroxylation is 1. The molecule has 0 aliphatic rings. The molecule has 0 amide bonds. The molecule has 0 saturated heterocycles. The van der Waals surface area contributed by atoms with Crippen LogP contribution >= 0.6 is 12.4 Å². The van der Waals surface area contributed by atoms with E-state index in [1.165, 1.54) is 4.68 Å². The highest BCUT2D eigenvalue weighted by atomic mass is 35.5. The quantitative estimate of drug-likeness (QED) is 0.730. The monoisotopic (exact) mass is 245 g/mol. The molecule has 86 valence electrons. The van der Waals surface area contributed by atoms with Crippen LogP contribution in [0.1, 0.15) is 0 Å². The summed E-state index contributed by atoms with van der Waals surface area (Å²) in [5, 5.41) is 15.8. The molecule has 8 nitrogen and oxygen atoms in total. The Hall–Kier alpha value is -1.96. The molecule has 0 radical (unpaired) electrons. The molecular weight excluding hydrogens is 238 g/mol. The van der Waals surface area contributed by atoms with Crippen molar-refractivity contribution in [3.63, 3.8) is 0 Å². The van der Waals surface area contributed by atoms with Crippen LogP contribution < -0.4 is 5.56 Å². The van der Waals surface area contributed by atoms with Crippen molar-refractivity contribution in [1.29, 1.82) is 0 Å². The Balaban J connectivity index is 0.00000128. The van der Waals surface area contributed by atoms with Crippen LogP contribution in [0.3, 0.4) is 0 Å². The van der Waals surface area contributed by atoms with Crippen molar-refractivity contribution in [2.75, 3.05) is 0 Å². The molecule has 16 heavy (non-hydrogen) atoms. The van der Waals surface area contributed by atoms with Gasteiger partial charge in [0.05, 0.1) is 0 Å². The van der Waals surface area contributed by atoms with Crippen molar-refractivity contribution in [3.8, 4) is 0 Å². The molecular formula is C7H8ClN5O3. The molecule has 0 aliphatic carbocycles. The first kappa shape index (κ1) is 12.1. The number of carboxylic acid groups (broad SMARTS) is 1. The van der Waals surface area contributed by atoms with Gasteiger partial charge >= 0.3 is 5.97 Å². The highest BCUT2D eigenvalue weighted by Crippen LogP contribution is 1.98. The average Bonchev–Trinajstić information content (AvgIpc) is 2.53. The average molecular weight is 246 g/mol. The van der Waals surface area contributed by atoms with Gasteiger partial charge in [0.2, 0.25) is 5.65 Å². The number of nitrogens with zero attached hydrogens (tertiary/aromatic N) is 5. The highest BCUT2D eigenvalue weighted by Gasteiger charge is 2.11. The summed E-state index contributed by atoms with van der Waals surface area (Å²) in [4.78, 5) is 26.0. The van der Waals surface area contributed by atoms with Gasteiger partial charge in [-0.05, 0) is 0 Å². The maximum atomic E-state index is 11.7. The Labute approximate surface area is 94.9 Å². The summed E-state index contributed by atoms with van der Waals surface area (Å²) in [6.45, 7) is -0.424. The summed E-state index contributed by atoms with van der Waals surface area (Å²) in [6.07, 6.45) is 1.15.